The highest BCUT2D eigenvalue weighted by molar-refractivity contribution is 5.57. The van der Waals surface area contributed by atoms with E-state index >= 15 is 0 Å². The first kappa shape index (κ1) is 22.9. The lowest BCUT2D eigenvalue weighted by atomic mass is 10.1. The van der Waals surface area contributed by atoms with Crippen molar-refractivity contribution in [2.24, 2.45) is 10.2 Å². The molecule has 0 spiro atoms. The third-order valence-electron chi connectivity index (χ3n) is 4.93. The average Bonchev–Trinajstić information content (AvgIpc) is 3.24. The zero-order chi connectivity index (χ0) is 23.6. The molecule has 10 nitrogen and oxygen atoms in total. The molecule has 1 aromatic carbocycles. The average molecular weight is 451 g/mol. The first-order valence-electron chi connectivity index (χ1n) is 9.30. The molecule has 1 aromatic heterocycles. The van der Waals surface area contributed by atoms with Crippen LogP contribution in [0.3, 0.4) is 0 Å². The molecular weight excluding hydrogens is 435 g/mol. The Morgan fingerprint density at radius 2 is 2.12 bits per heavy atom. The first-order chi connectivity index (χ1) is 15.0. The van der Waals surface area contributed by atoms with Crippen molar-refractivity contribution in [2.45, 2.75) is 38.6 Å². The lowest BCUT2D eigenvalue weighted by Crippen LogP contribution is -2.27. The van der Waals surface area contributed by atoms with Crippen LogP contribution in [0.25, 0.3) is 0 Å². The topological polar surface area (TPSA) is 143 Å². The second-order valence-electron chi connectivity index (χ2n) is 6.99. The van der Waals surface area contributed by atoms with Crippen molar-refractivity contribution in [3.05, 3.63) is 55.4 Å². The van der Waals surface area contributed by atoms with Crippen molar-refractivity contribution in [3.63, 3.8) is 0 Å². The van der Waals surface area contributed by atoms with Crippen molar-refractivity contribution < 1.29 is 27.9 Å². The van der Waals surface area contributed by atoms with Gasteiger partial charge in [-0.15, -0.1) is 5.11 Å². The molecule has 1 aliphatic rings. The zero-order valence-corrected chi connectivity index (χ0v) is 16.6. The van der Waals surface area contributed by atoms with Gasteiger partial charge in [0, 0.05) is 18.2 Å². The number of nitriles is 1. The van der Waals surface area contributed by atoms with E-state index in [2.05, 4.69) is 10.2 Å². The summed E-state index contributed by atoms with van der Waals surface area (Å²) < 4.78 is 45.8. The number of nitro benzene ring substituents is 1. The van der Waals surface area contributed by atoms with Crippen LogP contribution < -0.4 is 5.56 Å². The number of nitrogens with zero attached hydrogens (tertiary/aromatic N) is 5. The molecule has 13 heteroatoms. The molecule has 0 radical (unpaired) electrons. The largest absolute Gasteiger partial charge is 0.493 e. The summed E-state index contributed by atoms with van der Waals surface area (Å²) in [5.41, 5.74) is -4.48. The Morgan fingerprint density at radius 3 is 2.69 bits per heavy atom. The Kier molecular flexibility index (Phi) is 6.26. The lowest BCUT2D eigenvalue weighted by Gasteiger charge is -2.16. The molecule has 1 aliphatic heterocycles. The summed E-state index contributed by atoms with van der Waals surface area (Å²) in [4.78, 5) is 22.6. The number of hydrogen-bond acceptors (Lipinski definition) is 8. The smallest absolute Gasteiger partial charge is 0.423 e. The van der Waals surface area contributed by atoms with Crippen molar-refractivity contribution >= 4 is 17.1 Å². The summed E-state index contributed by atoms with van der Waals surface area (Å²) in [7, 11) is 0. The van der Waals surface area contributed by atoms with Gasteiger partial charge < -0.3 is 9.84 Å². The summed E-state index contributed by atoms with van der Waals surface area (Å²) in [6.45, 7) is 1.78. The summed E-state index contributed by atoms with van der Waals surface area (Å²) in [5, 5.41) is 37.9. The number of aromatic hydroxyl groups is 1. The molecule has 168 valence electrons. The van der Waals surface area contributed by atoms with Crippen molar-refractivity contribution in [2.75, 3.05) is 6.61 Å². The van der Waals surface area contributed by atoms with E-state index in [0.29, 0.717) is 25.2 Å². The van der Waals surface area contributed by atoms with Gasteiger partial charge in [0.2, 0.25) is 5.88 Å². The van der Waals surface area contributed by atoms with E-state index < -0.39 is 33.8 Å². The van der Waals surface area contributed by atoms with Crippen LogP contribution in [0, 0.1) is 28.4 Å². The second-order valence-corrected chi connectivity index (χ2v) is 6.99. The van der Waals surface area contributed by atoms with E-state index in [9.17, 15) is 38.4 Å². The maximum absolute atomic E-state index is 13.2. The summed E-state index contributed by atoms with van der Waals surface area (Å²) in [6.07, 6.45) is -3.96. The third kappa shape index (κ3) is 4.45. The van der Waals surface area contributed by atoms with E-state index in [1.54, 1.807) is 6.07 Å². The minimum absolute atomic E-state index is 0.0136. The quantitative estimate of drug-likeness (QED) is 0.409. The number of pyridine rings is 1. The van der Waals surface area contributed by atoms with Gasteiger partial charge in [-0.2, -0.15) is 23.5 Å². The van der Waals surface area contributed by atoms with Crippen molar-refractivity contribution in [1.29, 1.82) is 5.26 Å². The monoisotopic (exact) mass is 451 g/mol. The fourth-order valence-corrected chi connectivity index (χ4v) is 3.30. The molecule has 2 heterocycles. The lowest BCUT2D eigenvalue weighted by molar-refractivity contribution is -0.388. The highest BCUT2D eigenvalue weighted by Gasteiger charge is 2.38. The molecule has 0 bridgehead atoms. The molecule has 3 rings (SSSR count). The molecular formula is C19H16F3N5O5. The van der Waals surface area contributed by atoms with E-state index in [1.165, 1.54) is 6.92 Å². The maximum Gasteiger partial charge on any atom is 0.423 e. The minimum atomic E-state index is -5.01. The van der Waals surface area contributed by atoms with Crippen LogP contribution in [0.2, 0.25) is 0 Å². The van der Waals surface area contributed by atoms with Gasteiger partial charge in [0.05, 0.1) is 23.3 Å². The Balaban J connectivity index is 2.08. The van der Waals surface area contributed by atoms with Crippen LogP contribution in [-0.4, -0.2) is 27.3 Å². The molecule has 0 saturated carbocycles. The normalized spacial score (nSPS) is 16.4. The van der Waals surface area contributed by atoms with Gasteiger partial charge in [0.15, 0.2) is 5.69 Å². The number of azo groups is 1. The van der Waals surface area contributed by atoms with E-state index in [4.69, 9.17) is 4.74 Å². The highest BCUT2D eigenvalue weighted by Crippen LogP contribution is 2.38. The van der Waals surface area contributed by atoms with Crippen LogP contribution in [0.15, 0.2) is 33.2 Å². The summed E-state index contributed by atoms with van der Waals surface area (Å²) in [6, 6.07) is 3.79. The molecule has 2 aromatic rings. The van der Waals surface area contributed by atoms with Crippen LogP contribution in [-0.2, 0) is 17.5 Å². The van der Waals surface area contributed by atoms with Gasteiger partial charge in [-0.25, -0.2) is 0 Å². The Bertz CT molecular complexity index is 1190. The molecule has 1 N–H and O–H groups in total. The molecule has 1 unspecified atom stereocenters. The molecule has 32 heavy (non-hydrogen) atoms. The Hall–Kier alpha value is -3.79. The predicted molar refractivity (Wildman–Crippen MR) is 103 cm³/mol. The molecule has 1 saturated heterocycles. The van der Waals surface area contributed by atoms with Gasteiger partial charge in [0.25, 0.3) is 11.2 Å². The SMILES string of the molecule is Cc1c(C#N)c(O)n(CC2CCCO2)c(=O)c1N=Nc1ccc([N+](=O)[O-])c(C(F)(F)F)c1. The highest BCUT2D eigenvalue weighted by atomic mass is 19.4. The van der Waals surface area contributed by atoms with Gasteiger partial charge in [-0.05, 0) is 31.9 Å². The van der Waals surface area contributed by atoms with E-state index in [1.807, 2.05) is 0 Å². The number of aromatic nitrogens is 1. The zero-order valence-electron chi connectivity index (χ0n) is 16.6. The van der Waals surface area contributed by atoms with Crippen molar-refractivity contribution in [3.8, 4) is 11.9 Å². The number of halogens is 3. The molecule has 1 fully saturated rings. The third-order valence-corrected chi connectivity index (χ3v) is 4.93. The van der Waals surface area contributed by atoms with Gasteiger partial charge >= 0.3 is 6.18 Å². The number of alkyl halides is 3. The van der Waals surface area contributed by atoms with E-state index in [-0.39, 0.29) is 35.2 Å². The Labute approximate surface area is 178 Å². The number of ether oxygens (including phenoxy) is 1. The number of hydrogen-bond donors (Lipinski definition) is 1. The fraction of sp³-hybridized carbons (Fsp3) is 0.368. The standard InChI is InChI=1S/C19H16F3N5O5/c1-10-13(8-23)17(28)26(9-12-3-2-6-32-12)18(29)16(10)25-24-11-4-5-15(27(30)31)14(7-11)19(20,21)22/h4-5,7,12,28H,2-3,6,9H2,1H3. The summed E-state index contributed by atoms with van der Waals surface area (Å²) in [5.74, 6) is -0.570. The van der Waals surface area contributed by atoms with Crippen LogP contribution in [0.5, 0.6) is 5.88 Å². The number of benzene rings is 1. The maximum atomic E-state index is 13.2. The summed E-state index contributed by atoms with van der Waals surface area (Å²) >= 11 is 0. The van der Waals surface area contributed by atoms with E-state index in [0.717, 1.165) is 17.1 Å². The minimum Gasteiger partial charge on any atom is -0.493 e. The first-order valence-corrected chi connectivity index (χ1v) is 9.30. The molecule has 0 aliphatic carbocycles. The fourth-order valence-electron chi connectivity index (χ4n) is 3.30. The van der Waals surface area contributed by atoms with Crippen LogP contribution in [0.1, 0.15) is 29.5 Å². The molecule has 0 amide bonds. The number of nitro groups is 1. The van der Waals surface area contributed by atoms with Gasteiger partial charge in [0.1, 0.15) is 17.2 Å². The van der Waals surface area contributed by atoms with Gasteiger partial charge in [-0.1, -0.05) is 0 Å². The Morgan fingerprint density at radius 1 is 1.41 bits per heavy atom. The van der Waals surface area contributed by atoms with Crippen LogP contribution in [0.4, 0.5) is 30.2 Å². The van der Waals surface area contributed by atoms with Crippen molar-refractivity contribution in [1.82, 2.24) is 4.57 Å². The molecule has 1 atom stereocenters. The number of rotatable bonds is 5. The van der Waals surface area contributed by atoms with Crippen LogP contribution >= 0.6 is 0 Å². The predicted octanol–water partition coefficient (Wildman–Crippen LogP) is 4.26. The van der Waals surface area contributed by atoms with Gasteiger partial charge in [-0.3, -0.25) is 19.5 Å². The second kappa shape index (κ2) is 8.75.